The van der Waals surface area contributed by atoms with Gasteiger partial charge in [-0.15, -0.1) is 0 Å². The summed E-state index contributed by atoms with van der Waals surface area (Å²) in [5.41, 5.74) is 1.28. The zero-order valence-electron chi connectivity index (χ0n) is 10.9. The zero-order chi connectivity index (χ0) is 13.3. The third kappa shape index (κ3) is 1.99. The smallest absolute Gasteiger partial charge is 0.228 e. The lowest BCUT2D eigenvalue weighted by Gasteiger charge is -2.42. The first kappa shape index (κ1) is 12.2. The van der Waals surface area contributed by atoms with Gasteiger partial charge in [-0.1, -0.05) is 12.8 Å². The average Bonchev–Trinajstić information content (AvgIpc) is 2.84. The molecule has 3 rings (SSSR count). The number of carbonyl (C=O) groups excluding carboxylic acids is 1. The summed E-state index contributed by atoms with van der Waals surface area (Å²) in [6.07, 6.45) is 10.0. The topological polar surface area (TPSA) is 65.8 Å². The lowest BCUT2D eigenvalue weighted by Crippen LogP contribution is -2.39. The molecule has 19 heavy (non-hydrogen) atoms. The standard InChI is InChI=1S/C15H17N3O/c16-9-11-10-17-8-4-13(11)18-14(19)12-3-1-5-15(12)6-2-7-15/h4,8,10,12H,1-3,5-7H2,(H,17,18,19). The highest BCUT2D eigenvalue weighted by molar-refractivity contribution is 5.94. The van der Waals surface area contributed by atoms with E-state index in [0.29, 0.717) is 11.3 Å². The Bertz CT molecular complexity index is 543. The third-order valence-electron chi connectivity index (χ3n) is 4.77. The molecule has 2 fully saturated rings. The van der Waals surface area contributed by atoms with Crippen molar-refractivity contribution in [2.45, 2.75) is 38.5 Å². The van der Waals surface area contributed by atoms with E-state index >= 15 is 0 Å². The highest BCUT2D eigenvalue weighted by atomic mass is 16.1. The molecule has 2 aliphatic carbocycles. The minimum Gasteiger partial charge on any atom is -0.325 e. The van der Waals surface area contributed by atoms with Crippen molar-refractivity contribution >= 4 is 11.6 Å². The monoisotopic (exact) mass is 255 g/mol. The van der Waals surface area contributed by atoms with Crippen LogP contribution < -0.4 is 5.32 Å². The van der Waals surface area contributed by atoms with Crippen LogP contribution in [-0.2, 0) is 4.79 Å². The molecule has 1 amide bonds. The van der Waals surface area contributed by atoms with E-state index in [9.17, 15) is 4.79 Å². The number of hydrogen-bond donors (Lipinski definition) is 1. The zero-order valence-corrected chi connectivity index (χ0v) is 10.9. The van der Waals surface area contributed by atoms with E-state index in [0.717, 1.165) is 12.8 Å². The van der Waals surface area contributed by atoms with Crippen LogP contribution in [0, 0.1) is 22.7 Å². The highest BCUT2D eigenvalue weighted by Crippen LogP contribution is 2.56. The summed E-state index contributed by atoms with van der Waals surface area (Å²) in [4.78, 5) is 16.4. The molecule has 1 aromatic heterocycles. The van der Waals surface area contributed by atoms with Crippen molar-refractivity contribution in [3.8, 4) is 6.07 Å². The van der Waals surface area contributed by atoms with Crippen LogP contribution >= 0.6 is 0 Å². The van der Waals surface area contributed by atoms with E-state index in [1.807, 2.05) is 0 Å². The van der Waals surface area contributed by atoms with Crippen molar-refractivity contribution in [2.75, 3.05) is 5.32 Å². The molecule has 0 aromatic carbocycles. The van der Waals surface area contributed by atoms with Gasteiger partial charge >= 0.3 is 0 Å². The van der Waals surface area contributed by atoms with Crippen LogP contribution in [0.25, 0.3) is 0 Å². The van der Waals surface area contributed by atoms with E-state index in [2.05, 4.69) is 16.4 Å². The minimum absolute atomic E-state index is 0.0832. The first-order valence-electron chi connectivity index (χ1n) is 6.90. The predicted molar refractivity (Wildman–Crippen MR) is 71.2 cm³/mol. The number of nitrogens with one attached hydrogen (secondary N) is 1. The predicted octanol–water partition coefficient (Wildman–Crippen LogP) is 2.86. The molecular weight excluding hydrogens is 238 g/mol. The number of anilines is 1. The summed E-state index contributed by atoms with van der Waals surface area (Å²) in [6.45, 7) is 0. The number of nitriles is 1. The first-order valence-corrected chi connectivity index (χ1v) is 6.90. The number of rotatable bonds is 2. The lowest BCUT2D eigenvalue weighted by molar-refractivity contribution is -0.125. The second-order valence-electron chi connectivity index (χ2n) is 5.68. The summed E-state index contributed by atoms with van der Waals surface area (Å²) in [6, 6.07) is 3.76. The van der Waals surface area contributed by atoms with Crippen molar-refractivity contribution in [3.05, 3.63) is 24.0 Å². The molecule has 1 heterocycles. The summed E-state index contributed by atoms with van der Waals surface area (Å²) >= 11 is 0. The Morgan fingerprint density at radius 1 is 1.42 bits per heavy atom. The number of amides is 1. The maximum Gasteiger partial charge on any atom is 0.228 e. The fraction of sp³-hybridized carbons (Fsp3) is 0.533. The van der Waals surface area contributed by atoms with Gasteiger partial charge in [-0.2, -0.15) is 5.26 Å². The molecule has 1 spiro atoms. The van der Waals surface area contributed by atoms with Gasteiger partial charge in [0.1, 0.15) is 6.07 Å². The van der Waals surface area contributed by atoms with E-state index in [1.54, 1.807) is 12.3 Å². The SMILES string of the molecule is N#Cc1cnccc1NC(=O)C1CCCC12CCC2. The molecule has 4 nitrogen and oxygen atoms in total. The molecule has 2 saturated carbocycles. The lowest BCUT2D eigenvalue weighted by atomic mass is 9.62. The molecule has 4 heteroatoms. The van der Waals surface area contributed by atoms with Crippen LogP contribution in [-0.4, -0.2) is 10.9 Å². The summed E-state index contributed by atoms with van der Waals surface area (Å²) < 4.78 is 0. The van der Waals surface area contributed by atoms with Gasteiger partial charge in [0.15, 0.2) is 0 Å². The van der Waals surface area contributed by atoms with Crippen LogP contribution in [0.1, 0.15) is 44.1 Å². The Kier molecular flexibility index (Phi) is 2.98. The maximum absolute atomic E-state index is 12.5. The van der Waals surface area contributed by atoms with Gasteiger partial charge in [0.2, 0.25) is 5.91 Å². The normalized spacial score (nSPS) is 23.6. The van der Waals surface area contributed by atoms with Crippen molar-refractivity contribution in [3.63, 3.8) is 0 Å². The summed E-state index contributed by atoms with van der Waals surface area (Å²) in [5.74, 6) is 0.209. The maximum atomic E-state index is 12.5. The second-order valence-corrected chi connectivity index (χ2v) is 5.68. The van der Waals surface area contributed by atoms with Gasteiger partial charge in [-0.25, -0.2) is 0 Å². The van der Waals surface area contributed by atoms with Crippen molar-refractivity contribution in [1.29, 1.82) is 5.26 Å². The van der Waals surface area contributed by atoms with Crippen LogP contribution in [0.15, 0.2) is 18.5 Å². The molecule has 1 atom stereocenters. The first-order chi connectivity index (χ1) is 9.25. The molecule has 1 aromatic rings. The van der Waals surface area contributed by atoms with E-state index < -0.39 is 0 Å². The van der Waals surface area contributed by atoms with Crippen LogP contribution in [0.4, 0.5) is 5.69 Å². The Balaban J connectivity index is 1.77. The molecule has 1 unspecified atom stereocenters. The Hall–Kier alpha value is -1.89. The van der Waals surface area contributed by atoms with E-state index in [4.69, 9.17) is 5.26 Å². The molecule has 0 saturated heterocycles. The molecule has 1 N–H and O–H groups in total. The van der Waals surface area contributed by atoms with Crippen molar-refractivity contribution in [1.82, 2.24) is 4.98 Å². The molecular formula is C15H17N3O. The van der Waals surface area contributed by atoms with Gasteiger partial charge in [0.25, 0.3) is 0 Å². The van der Waals surface area contributed by atoms with Gasteiger partial charge in [0.05, 0.1) is 11.3 Å². The number of pyridine rings is 1. The van der Waals surface area contributed by atoms with Gasteiger partial charge < -0.3 is 5.32 Å². The van der Waals surface area contributed by atoms with Crippen LogP contribution in [0.2, 0.25) is 0 Å². The number of hydrogen-bond acceptors (Lipinski definition) is 3. The summed E-state index contributed by atoms with van der Waals surface area (Å²) in [7, 11) is 0. The number of nitrogens with zero attached hydrogens (tertiary/aromatic N) is 2. The van der Waals surface area contributed by atoms with Crippen LogP contribution in [0.3, 0.4) is 0 Å². The molecule has 0 bridgehead atoms. The van der Waals surface area contributed by atoms with E-state index in [1.165, 1.54) is 31.9 Å². The van der Waals surface area contributed by atoms with Gasteiger partial charge in [0, 0.05) is 18.3 Å². The highest BCUT2D eigenvalue weighted by Gasteiger charge is 2.50. The molecule has 98 valence electrons. The molecule has 0 aliphatic heterocycles. The number of aromatic nitrogens is 1. The van der Waals surface area contributed by atoms with Crippen molar-refractivity contribution < 1.29 is 4.79 Å². The Morgan fingerprint density at radius 3 is 2.89 bits per heavy atom. The molecule has 0 radical (unpaired) electrons. The second kappa shape index (κ2) is 4.65. The quantitative estimate of drug-likeness (QED) is 0.883. The van der Waals surface area contributed by atoms with Crippen molar-refractivity contribution in [2.24, 2.45) is 11.3 Å². The Labute approximate surface area is 112 Å². The van der Waals surface area contributed by atoms with Gasteiger partial charge in [-0.3, -0.25) is 9.78 Å². The fourth-order valence-corrected chi connectivity index (χ4v) is 3.59. The van der Waals surface area contributed by atoms with Gasteiger partial charge in [-0.05, 0) is 37.2 Å². The number of carbonyl (C=O) groups is 1. The van der Waals surface area contributed by atoms with E-state index in [-0.39, 0.29) is 17.2 Å². The van der Waals surface area contributed by atoms with Crippen LogP contribution in [0.5, 0.6) is 0 Å². The third-order valence-corrected chi connectivity index (χ3v) is 4.77. The molecule has 2 aliphatic rings. The fourth-order valence-electron chi connectivity index (χ4n) is 3.59. The summed E-state index contributed by atoms with van der Waals surface area (Å²) in [5, 5.41) is 11.9. The minimum atomic E-state index is 0.0832. The Morgan fingerprint density at radius 2 is 2.21 bits per heavy atom. The average molecular weight is 255 g/mol. The largest absolute Gasteiger partial charge is 0.325 e.